The molecular formula is C19H21N9OS. The predicted octanol–water partition coefficient (Wildman–Crippen LogP) is 2.29. The number of rotatable bonds is 6. The maximum atomic E-state index is 12.9. The number of carbonyl (C=O) groups excluding carboxylic acids is 1. The van der Waals surface area contributed by atoms with Gasteiger partial charge >= 0.3 is 0 Å². The van der Waals surface area contributed by atoms with Crippen molar-refractivity contribution in [3.63, 3.8) is 0 Å². The summed E-state index contributed by atoms with van der Waals surface area (Å²) in [6.45, 7) is 1.96. The number of carbonyl (C=O) groups is 1. The number of likely N-dealkylation sites (N-methyl/N-ethyl adjacent to an activating group) is 1. The fraction of sp³-hybridized carbons (Fsp3) is 0.263. The molecule has 1 aliphatic heterocycles. The summed E-state index contributed by atoms with van der Waals surface area (Å²) in [5.74, 6) is 0.919. The van der Waals surface area contributed by atoms with Gasteiger partial charge in [-0.2, -0.15) is 5.10 Å². The third kappa shape index (κ3) is 3.12. The van der Waals surface area contributed by atoms with Crippen LogP contribution in [-0.2, 0) is 4.79 Å². The van der Waals surface area contributed by atoms with Crippen LogP contribution in [0, 0.1) is 5.41 Å². The first-order valence-corrected chi connectivity index (χ1v) is 10.2. The van der Waals surface area contributed by atoms with Crippen molar-refractivity contribution in [2.24, 2.45) is 0 Å². The molecule has 11 heteroatoms. The molecule has 0 bridgehead atoms. The molecule has 4 rings (SSSR count). The highest BCUT2D eigenvalue weighted by Crippen LogP contribution is 2.39. The molecule has 3 aromatic heterocycles. The average Bonchev–Trinajstić information content (AvgIpc) is 3.48. The average molecular weight is 424 g/mol. The Morgan fingerprint density at radius 1 is 1.40 bits per heavy atom. The number of nitrogens with zero attached hydrogens (tertiary/aromatic N) is 6. The van der Waals surface area contributed by atoms with Crippen LogP contribution in [0.15, 0.2) is 30.2 Å². The number of hydrogen-bond acceptors (Lipinski definition) is 9. The number of aromatic amines is 1. The lowest BCUT2D eigenvalue weighted by atomic mass is 10.1. The van der Waals surface area contributed by atoms with E-state index in [1.165, 1.54) is 17.6 Å². The zero-order valence-corrected chi connectivity index (χ0v) is 17.6. The lowest BCUT2D eigenvalue weighted by Gasteiger charge is -2.39. The molecule has 1 amide bonds. The molecule has 3 aromatic rings. The van der Waals surface area contributed by atoms with Crippen molar-refractivity contribution in [1.29, 1.82) is 5.41 Å². The summed E-state index contributed by atoms with van der Waals surface area (Å²) < 4.78 is 0. The molecule has 0 saturated carbocycles. The third-order valence-electron chi connectivity index (χ3n) is 4.97. The first kappa shape index (κ1) is 19.7. The van der Waals surface area contributed by atoms with E-state index in [1.54, 1.807) is 43.8 Å². The van der Waals surface area contributed by atoms with Crippen molar-refractivity contribution >= 4 is 51.9 Å². The van der Waals surface area contributed by atoms with Crippen LogP contribution in [0.5, 0.6) is 0 Å². The van der Waals surface area contributed by atoms with E-state index in [1.807, 2.05) is 17.2 Å². The quantitative estimate of drug-likeness (QED) is 0.519. The highest BCUT2D eigenvalue weighted by atomic mass is 32.1. The Kier molecular flexibility index (Phi) is 5.27. The highest BCUT2D eigenvalue weighted by molar-refractivity contribution is 7.10. The van der Waals surface area contributed by atoms with Gasteiger partial charge in [-0.3, -0.25) is 9.89 Å². The topological polar surface area (TPSA) is 127 Å². The second-order valence-electron chi connectivity index (χ2n) is 6.57. The summed E-state index contributed by atoms with van der Waals surface area (Å²) in [4.78, 5) is 30.0. The van der Waals surface area contributed by atoms with Crippen molar-refractivity contribution in [3.8, 4) is 0 Å². The van der Waals surface area contributed by atoms with Gasteiger partial charge < -0.3 is 20.5 Å². The van der Waals surface area contributed by atoms with Gasteiger partial charge in [-0.1, -0.05) is 6.92 Å². The van der Waals surface area contributed by atoms with Crippen LogP contribution < -0.4 is 15.1 Å². The Balaban J connectivity index is 1.92. The van der Waals surface area contributed by atoms with Gasteiger partial charge in [0, 0.05) is 38.1 Å². The Hall–Kier alpha value is -3.60. The molecule has 0 aliphatic carbocycles. The van der Waals surface area contributed by atoms with Crippen LogP contribution in [0.25, 0.3) is 11.3 Å². The molecule has 3 N–H and O–H groups in total. The second kappa shape index (κ2) is 8.03. The lowest BCUT2D eigenvalue weighted by molar-refractivity contribution is -0.119. The molecule has 0 unspecified atom stereocenters. The zero-order valence-electron chi connectivity index (χ0n) is 16.7. The van der Waals surface area contributed by atoms with Gasteiger partial charge in [0.05, 0.1) is 29.4 Å². The maximum absolute atomic E-state index is 12.9. The molecule has 0 spiro atoms. The molecule has 154 valence electrons. The van der Waals surface area contributed by atoms with Crippen LogP contribution in [0.1, 0.15) is 24.2 Å². The number of nitrogens with one attached hydrogen (secondary N) is 3. The summed E-state index contributed by atoms with van der Waals surface area (Å²) in [6, 6.07) is -0.419. The van der Waals surface area contributed by atoms with E-state index in [0.717, 1.165) is 10.7 Å². The minimum atomic E-state index is -0.419. The number of allylic oxidation sites excluding steroid dienone is 1. The largest absolute Gasteiger partial charge is 0.385 e. The van der Waals surface area contributed by atoms with E-state index in [2.05, 4.69) is 25.5 Å². The Morgan fingerprint density at radius 2 is 2.23 bits per heavy atom. The molecule has 10 nitrogen and oxygen atoms in total. The van der Waals surface area contributed by atoms with Crippen LogP contribution >= 0.6 is 11.3 Å². The molecule has 0 radical (unpaired) electrons. The van der Waals surface area contributed by atoms with E-state index < -0.39 is 6.04 Å². The summed E-state index contributed by atoms with van der Waals surface area (Å²) in [7, 11) is 3.50. The van der Waals surface area contributed by atoms with Crippen LogP contribution in [-0.4, -0.2) is 57.4 Å². The number of fused-ring (bicyclic) bond motifs is 1. The summed E-state index contributed by atoms with van der Waals surface area (Å²) in [5.41, 5.74) is 2.51. The summed E-state index contributed by atoms with van der Waals surface area (Å²) in [6.07, 6.45) is 8.53. The number of amides is 1. The fourth-order valence-corrected chi connectivity index (χ4v) is 4.20. The van der Waals surface area contributed by atoms with Gasteiger partial charge in [-0.05, 0) is 6.42 Å². The molecule has 0 fully saturated rings. The lowest BCUT2D eigenvalue weighted by Crippen LogP contribution is -2.50. The number of anilines is 3. The smallest absolute Gasteiger partial charge is 0.250 e. The molecule has 0 saturated heterocycles. The molecule has 4 heterocycles. The third-order valence-corrected chi connectivity index (χ3v) is 5.76. The summed E-state index contributed by atoms with van der Waals surface area (Å²) in [5, 5.41) is 20.5. The van der Waals surface area contributed by atoms with E-state index >= 15 is 0 Å². The van der Waals surface area contributed by atoms with Crippen molar-refractivity contribution in [1.82, 2.24) is 30.5 Å². The van der Waals surface area contributed by atoms with Crippen molar-refractivity contribution < 1.29 is 4.79 Å². The van der Waals surface area contributed by atoms with Gasteiger partial charge in [0.15, 0.2) is 11.6 Å². The van der Waals surface area contributed by atoms with Crippen molar-refractivity contribution in [2.75, 3.05) is 23.9 Å². The van der Waals surface area contributed by atoms with Crippen molar-refractivity contribution in [2.45, 2.75) is 19.4 Å². The number of aromatic nitrogens is 5. The number of thiazole rings is 1. The molecular weight excluding hydrogens is 402 g/mol. The maximum Gasteiger partial charge on any atom is 0.250 e. The minimum Gasteiger partial charge on any atom is -0.385 e. The number of hydrogen-bond donors (Lipinski definition) is 3. The fourth-order valence-electron chi connectivity index (χ4n) is 3.50. The standard InChI is InChI=1S/C19H21N9OS/c1-4-13-19(29)27(3)14-10-23-16(26-17(14)28(13)11-8-24-25-9-11)12(7-20)15(21-2)18-22-5-6-30-18/h5-10,13,20-21H,4H2,1-3H3,(H,24,25)/b15-12+,20-7?/t13-/m0/s1. The highest BCUT2D eigenvalue weighted by Gasteiger charge is 2.38. The van der Waals surface area contributed by atoms with Crippen molar-refractivity contribution in [3.05, 3.63) is 41.0 Å². The van der Waals surface area contributed by atoms with Gasteiger partial charge in [-0.15, -0.1) is 11.3 Å². The number of H-pyrrole nitrogens is 1. The van der Waals surface area contributed by atoms with Gasteiger partial charge in [0.2, 0.25) is 5.91 Å². The molecule has 1 atom stereocenters. The van der Waals surface area contributed by atoms with Crippen LogP contribution in [0.4, 0.5) is 17.2 Å². The van der Waals surface area contributed by atoms with Gasteiger partial charge in [0.1, 0.15) is 16.7 Å². The monoisotopic (exact) mass is 423 g/mol. The first-order valence-electron chi connectivity index (χ1n) is 9.36. The van der Waals surface area contributed by atoms with E-state index in [-0.39, 0.29) is 5.91 Å². The van der Waals surface area contributed by atoms with Gasteiger partial charge in [-0.25, -0.2) is 15.0 Å². The molecule has 30 heavy (non-hydrogen) atoms. The van der Waals surface area contributed by atoms with E-state index in [4.69, 9.17) is 10.4 Å². The Labute approximate surface area is 177 Å². The van der Waals surface area contributed by atoms with Crippen LogP contribution in [0.2, 0.25) is 0 Å². The summed E-state index contributed by atoms with van der Waals surface area (Å²) >= 11 is 1.46. The Morgan fingerprint density at radius 3 is 2.83 bits per heavy atom. The zero-order chi connectivity index (χ0) is 21.3. The Bertz CT molecular complexity index is 1090. The second-order valence-corrected chi connectivity index (χ2v) is 7.47. The van der Waals surface area contributed by atoms with Crippen LogP contribution in [0.3, 0.4) is 0 Å². The molecule has 0 aromatic carbocycles. The van der Waals surface area contributed by atoms with E-state index in [9.17, 15) is 4.79 Å². The minimum absolute atomic E-state index is 0.0379. The SMILES string of the molecule is CC[C@H]1C(=O)N(C)c2cnc(/C(C=N)=C(/NC)c3nccs3)nc2N1c1cn[nH]c1. The predicted molar refractivity (Wildman–Crippen MR) is 117 cm³/mol. The molecule has 1 aliphatic rings. The van der Waals surface area contributed by atoms with E-state index in [0.29, 0.717) is 35.0 Å². The first-order chi connectivity index (χ1) is 14.6. The normalized spacial score (nSPS) is 16.9. The van der Waals surface area contributed by atoms with Gasteiger partial charge in [0.25, 0.3) is 0 Å².